The van der Waals surface area contributed by atoms with E-state index in [1.165, 1.54) is 6.07 Å². The number of carbonyl (C=O) groups excluding carboxylic acids is 1. The van der Waals surface area contributed by atoms with E-state index >= 15 is 0 Å². The maximum atomic E-state index is 13.8. The average Bonchev–Trinajstić information content (AvgIpc) is 2.32. The molecule has 17 heavy (non-hydrogen) atoms. The first-order valence-electron chi connectivity index (χ1n) is 5.56. The Morgan fingerprint density at radius 3 is 3.06 bits per heavy atom. The lowest BCUT2D eigenvalue weighted by atomic mass is 10.1. The van der Waals surface area contributed by atoms with Gasteiger partial charge in [-0.05, 0) is 35.0 Å². The molecule has 1 amide bonds. The second-order valence-corrected chi connectivity index (χ2v) is 5.06. The molecule has 0 saturated carbocycles. The summed E-state index contributed by atoms with van der Waals surface area (Å²) in [7, 11) is 0. The molecule has 0 unspecified atom stereocenters. The molecule has 0 radical (unpaired) electrons. The number of hydrogen-bond donors (Lipinski definition) is 1. The van der Waals surface area contributed by atoms with Gasteiger partial charge in [-0.25, -0.2) is 4.39 Å². The normalized spacial score (nSPS) is 20.4. The molecule has 0 aromatic heterocycles. The molecule has 1 heterocycles. The lowest BCUT2D eigenvalue weighted by Gasteiger charge is -2.32. The molecule has 0 spiro atoms. The van der Waals surface area contributed by atoms with Crippen LogP contribution >= 0.6 is 15.9 Å². The van der Waals surface area contributed by atoms with Crippen LogP contribution in [-0.2, 0) is 0 Å². The minimum atomic E-state index is -0.483. The third-order valence-electron chi connectivity index (χ3n) is 2.84. The number of nitrogens with zero attached hydrogens (tertiary/aromatic N) is 1. The molecule has 0 aliphatic carbocycles. The summed E-state index contributed by atoms with van der Waals surface area (Å²) in [4.78, 5) is 13.8. The van der Waals surface area contributed by atoms with Crippen LogP contribution in [0, 0.1) is 5.82 Å². The molecular formula is C12H14BrFN2O. The Balaban J connectivity index is 2.22. The van der Waals surface area contributed by atoms with E-state index in [0.29, 0.717) is 17.6 Å². The fraction of sp³-hybridized carbons (Fsp3) is 0.417. The number of amides is 1. The monoisotopic (exact) mass is 300 g/mol. The van der Waals surface area contributed by atoms with E-state index in [1.807, 2.05) is 6.92 Å². The highest BCUT2D eigenvalue weighted by atomic mass is 79.9. The molecule has 1 aromatic carbocycles. The molecule has 3 nitrogen and oxygen atoms in total. The molecule has 5 heteroatoms. The van der Waals surface area contributed by atoms with E-state index in [9.17, 15) is 9.18 Å². The van der Waals surface area contributed by atoms with E-state index < -0.39 is 5.82 Å². The summed E-state index contributed by atoms with van der Waals surface area (Å²) in [6.07, 6.45) is 0. The van der Waals surface area contributed by atoms with Crippen molar-refractivity contribution in [2.75, 3.05) is 19.6 Å². The molecule has 1 N–H and O–H groups in total. The van der Waals surface area contributed by atoms with Crippen molar-refractivity contribution in [3.8, 4) is 0 Å². The van der Waals surface area contributed by atoms with E-state index in [-0.39, 0.29) is 17.5 Å². The Kier molecular flexibility index (Phi) is 3.79. The van der Waals surface area contributed by atoms with Crippen LogP contribution in [0.25, 0.3) is 0 Å². The molecule has 1 aliphatic rings. The fourth-order valence-corrected chi connectivity index (χ4v) is 2.32. The van der Waals surface area contributed by atoms with Gasteiger partial charge in [0.15, 0.2) is 0 Å². The second-order valence-electron chi connectivity index (χ2n) is 4.21. The molecule has 2 rings (SSSR count). The van der Waals surface area contributed by atoms with Gasteiger partial charge in [0.25, 0.3) is 5.91 Å². The van der Waals surface area contributed by atoms with Crippen LogP contribution in [0.15, 0.2) is 22.7 Å². The molecule has 92 valence electrons. The van der Waals surface area contributed by atoms with Gasteiger partial charge in [-0.1, -0.05) is 6.07 Å². The minimum absolute atomic E-state index is 0.133. The maximum Gasteiger partial charge on any atom is 0.256 e. The topological polar surface area (TPSA) is 32.3 Å². The number of carbonyl (C=O) groups is 1. The number of piperazine rings is 1. The molecule has 1 saturated heterocycles. The Hall–Kier alpha value is -0.940. The summed E-state index contributed by atoms with van der Waals surface area (Å²) in [5.74, 6) is -0.721. The van der Waals surface area contributed by atoms with Crippen molar-refractivity contribution in [2.24, 2.45) is 0 Å². The van der Waals surface area contributed by atoms with Gasteiger partial charge >= 0.3 is 0 Å². The van der Waals surface area contributed by atoms with Crippen molar-refractivity contribution in [1.82, 2.24) is 10.2 Å². The van der Waals surface area contributed by atoms with Crippen LogP contribution in [-0.4, -0.2) is 36.5 Å². The number of rotatable bonds is 1. The lowest BCUT2D eigenvalue weighted by Crippen LogP contribution is -2.51. The summed E-state index contributed by atoms with van der Waals surface area (Å²) < 4.78 is 14.1. The van der Waals surface area contributed by atoms with Crippen LogP contribution < -0.4 is 5.32 Å². The first kappa shape index (κ1) is 12.5. The number of hydrogen-bond acceptors (Lipinski definition) is 2. The van der Waals surface area contributed by atoms with Gasteiger partial charge in [0.1, 0.15) is 5.82 Å². The van der Waals surface area contributed by atoms with Gasteiger partial charge in [-0.3, -0.25) is 4.79 Å². The second kappa shape index (κ2) is 5.14. The molecule has 0 bridgehead atoms. The third-order valence-corrected chi connectivity index (χ3v) is 3.45. The Morgan fingerprint density at radius 1 is 1.59 bits per heavy atom. The van der Waals surface area contributed by atoms with Crippen molar-refractivity contribution in [1.29, 1.82) is 0 Å². The van der Waals surface area contributed by atoms with Crippen molar-refractivity contribution in [3.05, 3.63) is 34.1 Å². The van der Waals surface area contributed by atoms with Gasteiger partial charge in [0.2, 0.25) is 0 Å². The predicted octanol–water partition coefficient (Wildman–Crippen LogP) is 2.02. The zero-order chi connectivity index (χ0) is 12.4. The highest BCUT2D eigenvalue weighted by Gasteiger charge is 2.24. The van der Waals surface area contributed by atoms with E-state index in [2.05, 4.69) is 21.2 Å². The quantitative estimate of drug-likeness (QED) is 0.861. The summed E-state index contributed by atoms with van der Waals surface area (Å²) in [5, 5.41) is 3.25. The van der Waals surface area contributed by atoms with Crippen LogP contribution in [0.3, 0.4) is 0 Å². The zero-order valence-corrected chi connectivity index (χ0v) is 11.1. The van der Waals surface area contributed by atoms with Gasteiger partial charge in [-0.2, -0.15) is 0 Å². The van der Waals surface area contributed by atoms with Crippen molar-refractivity contribution in [2.45, 2.75) is 13.0 Å². The summed E-state index contributed by atoms with van der Waals surface area (Å²) in [6, 6.07) is 5.04. The van der Waals surface area contributed by atoms with E-state index in [4.69, 9.17) is 0 Å². The zero-order valence-electron chi connectivity index (χ0n) is 9.54. The predicted molar refractivity (Wildman–Crippen MR) is 67.5 cm³/mol. The Labute approximate surface area is 108 Å². The third kappa shape index (κ3) is 2.66. The summed E-state index contributed by atoms with van der Waals surface area (Å²) >= 11 is 3.09. The standard InChI is InChI=1S/C12H14BrFN2O/c1-8-7-16(6-5-15-8)12(17)9-3-2-4-10(13)11(9)14/h2-4,8,15H,5-7H2,1H3/t8-/m1/s1. The largest absolute Gasteiger partial charge is 0.336 e. The SMILES string of the molecule is C[C@@H]1CN(C(=O)c2cccc(Br)c2F)CCN1. The summed E-state index contributed by atoms with van der Waals surface area (Å²) in [6.45, 7) is 4.00. The van der Waals surface area contributed by atoms with Crippen molar-refractivity contribution in [3.63, 3.8) is 0 Å². The molecule has 1 aromatic rings. The van der Waals surface area contributed by atoms with Crippen LogP contribution in [0.2, 0.25) is 0 Å². The molecule has 1 atom stereocenters. The minimum Gasteiger partial charge on any atom is -0.336 e. The van der Waals surface area contributed by atoms with Crippen molar-refractivity contribution >= 4 is 21.8 Å². The number of halogens is 2. The maximum absolute atomic E-state index is 13.8. The highest BCUT2D eigenvalue weighted by Crippen LogP contribution is 2.20. The summed E-state index contributed by atoms with van der Waals surface area (Å²) in [5.41, 5.74) is 0.133. The molecule has 1 aliphatic heterocycles. The highest BCUT2D eigenvalue weighted by molar-refractivity contribution is 9.10. The first-order valence-corrected chi connectivity index (χ1v) is 6.35. The van der Waals surface area contributed by atoms with Crippen molar-refractivity contribution < 1.29 is 9.18 Å². The van der Waals surface area contributed by atoms with Gasteiger partial charge in [0, 0.05) is 25.7 Å². The molecular weight excluding hydrogens is 287 g/mol. The van der Waals surface area contributed by atoms with Gasteiger partial charge in [-0.15, -0.1) is 0 Å². The van der Waals surface area contributed by atoms with Crippen LogP contribution in [0.4, 0.5) is 4.39 Å². The average molecular weight is 301 g/mol. The number of nitrogens with one attached hydrogen (secondary N) is 1. The number of benzene rings is 1. The Bertz CT molecular complexity index is 439. The smallest absolute Gasteiger partial charge is 0.256 e. The van der Waals surface area contributed by atoms with Crippen LogP contribution in [0.5, 0.6) is 0 Å². The van der Waals surface area contributed by atoms with E-state index in [1.54, 1.807) is 17.0 Å². The van der Waals surface area contributed by atoms with E-state index in [0.717, 1.165) is 6.54 Å². The molecule has 1 fully saturated rings. The lowest BCUT2D eigenvalue weighted by molar-refractivity contribution is 0.0704. The fourth-order valence-electron chi connectivity index (χ4n) is 1.96. The van der Waals surface area contributed by atoms with Gasteiger partial charge in [0.05, 0.1) is 10.0 Å². The van der Waals surface area contributed by atoms with Gasteiger partial charge < -0.3 is 10.2 Å². The first-order chi connectivity index (χ1) is 8.09. The van der Waals surface area contributed by atoms with Crippen LogP contribution in [0.1, 0.15) is 17.3 Å². The Morgan fingerprint density at radius 2 is 2.35 bits per heavy atom.